The minimum absolute atomic E-state index is 0. The third-order valence-electron chi connectivity index (χ3n) is 4.94. The summed E-state index contributed by atoms with van der Waals surface area (Å²) in [4.78, 5) is 13.1. The highest BCUT2D eigenvalue weighted by Gasteiger charge is 2.35. The number of likely N-dealkylation sites (tertiary alicyclic amines) is 1. The SMILES string of the molecule is COc1ccc([C@H](Cc2c(Cl)c[n+](O)cc2Cl)N2CC(C(=O)[O-])C2)cc1OC.Cl. The Morgan fingerprint density at radius 2 is 1.83 bits per heavy atom. The number of carbonyl (C=O) groups is 1. The van der Waals surface area contributed by atoms with Gasteiger partial charge in [0.2, 0.25) is 12.4 Å². The predicted octanol–water partition coefficient (Wildman–Crippen LogP) is 1.92. The number of ether oxygens (including phenoxy) is 2. The fourth-order valence-electron chi connectivity index (χ4n) is 3.36. The number of carboxylic acid groups (broad SMARTS) is 1. The third-order valence-corrected chi connectivity index (χ3v) is 5.59. The molecule has 7 nitrogen and oxygen atoms in total. The van der Waals surface area contributed by atoms with Crippen molar-refractivity contribution in [2.75, 3.05) is 27.3 Å². The Morgan fingerprint density at radius 1 is 1.24 bits per heavy atom. The van der Waals surface area contributed by atoms with Crippen LogP contribution in [0.1, 0.15) is 17.2 Å². The first-order chi connectivity index (χ1) is 13.3. The zero-order chi connectivity index (χ0) is 20.4. The Morgan fingerprint density at radius 3 is 2.34 bits per heavy atom. The number of benzene rings is 1. The Kier molecular flexibility index (Phi) is 7.82. The van der Waals surface area contributed by atoms with Crippen LogP contribution in [0, 0.1) is 5.92 Å². The van der Waals surface area contributed by atoms with Gasteiger partial charge in [0.1, 0.15) is 10.0 Å². The summed E-state index contributed by atoms with van der Waals surface area (Å²) in [7, 11) is 3.11. The van der Waals surface area contributed by atoms with Crippen LogP contribution in [0.15, 0.2) is 30.6 Å². The first-order valence-corrected chi connectivity index (χ1v) is 9.34. The van der Waals surface area contributed by atoms with Crippen LogP contribution in [0.2, 0.25) is 10.0 Å². The summed E-state index contributed by atoms with van der Waals surface area (Å²) in [6.45, 7) is 0.729. The molecule has 0 spiro atoms. The number of carbonyl (C=O) groups excluding carboxylic acids is 1. The van der Waals surface area contributed by atoms with E-state index in [9.17, 15) is 15.1 Å². The lowest BCUT2D eigenvalue weighted by Gasteiger charge is -2.45. The van der Waals surface area contributed by atoms with Gasteiger partial charge in [-0.25, -0.2) is 0 Å². The average Bonchev–Trinajstić information content (AvgIpc) is 2.60. The lowest BCUT2D eigenvalue weighted by molar-refractivity contribution is -0.904. The Bertz CT molecular complexity index is 867. The molecule has 1 atom stereocenters. The van der Waals surface area contributed by atoms with Crippen molar-refractivity contribution in [3.8, 4) is 11.5 Å². The molecule has 1 aliphatic heterocycles. The number of pyridine rings is 1. The number of rotatable bonds is 7. The van der Waals surface area contributed by atoms with Crippen molar-refractivity contribution < 1.29 is 29.3 Å². The quantitative estimate of drug-likeness (QED) is 0.499. The number of halogens is 3. The molecule has 2 aromatic rings. The lowest BCUT2D eigenvalue weighted by Crippen LogP contribution is -2.55. The van der Waals surface area contributed by atoms with Gasteiger partial charge in [-0.3, -0.25) is 10.1 Å². The van der Waals surface area contributed by atoms with Crippen LogP contribution in [-0.2, 0) is 11.2 Å². The van der Waals surface area contributed by atoms with E-state index in [1.54, 1.807) is 20.3 Å². The Balaban J connectivity index is 0.00000300. The van der Waals surface area contributed by atoms with Gasteiger partial charge in [0.05, 0.1) is 14.2 Å². The van der Waals surface area contributed by atoms with Gasteiger partial charge in [-0.2, -0.15) is 0 Å². The monoisotopic (exact) mass is 462 g/mol. The number of hydrogen-bond donors (Lipinski definition) is 1. The molecular weight excluding hydrogens is 443 g/mol. The van der Waals surface area contributed by atoms with E-state index in [0.29, 0.717) is 46.6 Å². The van der Waals surface area contributed by atoms with Gasteiger partial charge in [0.25, 0.3) is 0 Å². The van der Waals surface area contributed by atoms with Crippen molar-refractivity contribution >= 4 is 41.6 Å². The van der Waals surface area contributed by atoms with Gasteiger partial charge >= 0.3 is 0 Å². The summed E-state index contributed by atoms with van der Waals surface area (Å²) in [6, 6.07) is 5.36. The summed E-state index contributed by atoms with van der Waals surface area (Å²) in [5.74, 6) is -0.401. The molecule has 1 saturated heterocycles. The maximum Gasteiger partial charge on any atom is 0.241 e. The van der Waals surface area contributed by atoms with Crippen LogP contribution < -0.4 is 19.3 Å². The van der Waals surface area contributed by atoms with E-state index >= 15 is 0 Å². The van der Waals surface area contributed by atoms with Crippen LogP contribution in [0.25, 0.3) is 0 Å². The normalized spacial score (nSPS) is 15.2. The van der Waals surface area contributed by atoms with Crippen LogP contribution in [-0.4, -0.2) is 43.4 Å². The molecule has 0 unspecified atom stereocenters. The highest BCUT2D eigenvalue weighted by atomic mass is 35.5. The predicted molar refractivity (Wildman–Crippen MR) is 107 cm³/mol. The standard InChI is InChI=1S/C19H20Cl2N2O5.ClH/c1-27-17-4-3-11(5-18(17)28-2)16(22-7-12(8-22)19(24)25)6-13-14(20)9-23(26)10-15(13)21;/h3-5,9-10,12,16H,6-8H2,1-2H3,(H-,24,25,26);1H/t16-;/m0./s1. The Labute approximate surface area is 184 Å². The number of nitrogens with zero attached hydrogens (tertiary/aromatic N) is 2. The smallest absolute Gasteiger partial charge is 0.241 e. The summed E-state index contributed by atoms with van der Waals surface area (Å²) >= 11 is 12.6. The second kappa shape index (κ2) is 9.71. The molecule has 0 bridgehead atoms. The second-order valence-electron chi connectivity index (χ2n) is 6.62. The molecule has 29 heavy (non-hydrogen) atoms. The molecule has 1 N–H and O–H groups in total. The van der Waals surface area contributed by atoms with E-state index in [1.807, 2.05) is 17.0 Å². The summed E-state index contributed by atoms with van der Waals surface area (Å²) in [5, 5.41) is 21.4. The van der Waals surface area contributed by atoms with E-state index in [2.05, 4.69) is 0 Å². The van der Waals surface area contributed by atoms with Crippen LogP contribution in [0.3, 0.4) is 0 Å². The molecule has 1 aromatic heterocycles. The van der Waals surface area contributed by atoms with Crippen molar-refractivity contribution in [3.05, 3.63) is 51.8 Å². The number of methoxy groups -OCH3 is 2. The van der Waals surface area contributed by atoms with Crippen molar-refractivity contribution in [2.24, 2.45) is 5.92 Å². The topological polar surface area (TPSA) is 85.9 Å². The molecule has 3 rings (SSSR count). The van der Waals surface area contributed by atoms with Gasteiger partial charge in [-0.1, -0.05) is 29.3 Å². The van der Waals surface area contributed by atoms with Crippen molar-refractivity contribution in [3.63, 3.8) is 0 Å². The fraction of sp³-hybridized carbons (Fsp3) is 0.368. The third kappa shape index (κ3) is 4.98. The fourth-order valence-corrected chi connectivity index (χ4v) is 3.97. The summed E-state index contributed by atoms with van der Waals surface area (Å²) in [6.07, 6.45) is 3.14. The molecule has 0 radical (unpaired) electrons. The minimum atomic E-state index is -1.06. The van der Waals surface area contributed by atoms with Crippen LogP contribution >= 0.6 is 35.6 Å². The molecule has 0 saturated carbocycles. The average molecular weight is 464 g/mol. The molecule has 0 aliphatic carbocycles. The van der Waals surface area contributed by atoms with Gasteiger partial charge < -0.3 is 19.4 Å². The van der Waals surface area contributed by atoms with Gasteiger partial charge in [0, 0.05) is 41.3 Å². The van der Waals surface area contributed by atoms with Gasteiger partial charge in [0.15, 0.2) is 11.5 Å². The van der Waals surface area contributed by atoms with E-state index in [0.717, 1.165) is 10.3 Å². The van der Waals surface area contributed by atoms with E-state index in [-0.39, 0.29) is 18.4 Å². The number of aromatic nitrogens is 1. The van der Waals surface area contributed by atoms with Crippen molar-refractivity contribution in [1.29, 1.82) is 0 Å². The Hall–Kier alpha value is -1.93. The summed E-state index contributed by atoms with van der Waals surface area (Å²) in [5.41, 5.74) is 1.56. The zero-order valence-electron chi connectivity index (χ0n) is 15.8. The van der Waals surface area contributed by atoms with Crippen LogP contribution in [0.5, 0.6) is 11.5 Å². The van der Waals surface area contributed by atoms with Gasteiger partial charge in [-0.05, 0) is 24.1 Å². The number of carboxylic acids is 1. The molecule has 10 heteroatoms. The highest BCUT2D eigenvalue weighted by Crippen LogP contribution is 2.38. The first kappa shape index (κ1) is 23.3. The molecule has 2 heterocycles. The molecule has 158 valence electrons. The van der Waals surface area contributed by atoms with Crippen molar-refractivity contribution in [2.45, 2.75) is 12.5 Å². The van der Waals surface area contributed by atoms with Crippen molar-refractivity contribution in [1.82, 2.24) is 4.90 Å². The maximum absolute atomic E-state index is 11.1. The minimum Gasteiger partial charge on any atom is -0.550 e. The largest absolute Gasteiger partial charge is 0.550 e. The molecular formula is C19H21Cl3N2O5. The molecule has 0 amide bonds. The number of aliphatic carboxylic acids is 1. The second-order valence-corrected chi connectivity index (χ2v) is 7.43. The molecule has 1 fully saturated rings. The lowest BCUT2D eigenvalue weighted by atomic mass is 9.90. The van der Waals surface area contributed by atoms with E-state index in [4.69, 9.17) is 32.7 Å². The summed E-state index contributed by atoms with van der Waals surface area (Å²) < 4.78 is 11.5. The van der Waals surface area contributed by atoms with Crippen LogP contribution in [0.4, 0.5) is 0 Å². The molecule has 1 aromatic carbocycles. The van der Waals surface area contributed by atoms with E-state index < -0.39 is 11.9 Å². The first-order valence-electron chi connectivity index (χ1n) is 8.59. The highest BCUT2D eigenvalue weighted by molar-refractivity contribution is 6.35. The maximum atomic E-state index is 11.1. The molecule has 1 aliphatic rings. The van der Waals surface area contributed by atoms with E-state index in [1.165, 1.54) is 12.4 Å². The number of hydrogen-bond acceptors (Lipinski definition) is 6. The van der Waals surface area contributed by atoms with Gasteiger partial charge in [-0.15, -0.1) is 12.4 Å². The zero-order valence-corrected chi connectivity index (χ0v) is 18.1.